The number of hydrogen-bond acceptors (Lipinski definition) is 0. The Balaban J connectivity index is 2.69. The lowest BCUT2D eigenvalue weighted by Gasteiger charge is -2.23. The molecule has 0 fully saturated rings. The minimum atomic E-state index is -0.231. The predicted octanol–water partition coefficient (Wildman–Crippen LogP) is 3.34. The molecule has 0 N–H and O–H groups in total. The van der Waals surface area contributed by atoms with Gasteiger partial charge in [-0.05, 0) is 0 Å². The average molecular weight is 220 g/mol. The van der Waals surface area contributed by atoms with Gasteiger partial charge in [0.2, 0.25) is 0 Å². The number of rotatable bonds is 0. The molecule has 0 nitrogen and oxygen atoms in total. The minimum Gasteiger partial charge on any atom is -0.121 e. The van der Waals surface area contributed by atoms with E-state index < -0.39 is 0 Å². The van der Waals surface area contributed by atoms with E-state index in [1.165, 1.54) is 0 Å². The van der Waals surface area contributed by atoms with E-state index in [4.69, 9.17) is 46.4 Å². The van der Waals surface area contributed by atoms with Crippen LogP contribution >= 0.6 is 46.4 Å². The van der Waals surface area contributed by atoms with Gasteiger partial charge in [-0.2, -0.15) is 0 Å². The highest BCUT2D eigenvalue weighted by Crippen LogP contribution is 2.31. The number of halogens is 4. The highest BCUT2D eigenvalue weighted by atomic mass is 35.5. The summed E-state index contributed by atoms with van der Waals surface area (Å²) in [6, 6.07) is 0. The van der Waals surface area contributed by atoms with Crippen molar-refractivity contribution < 1.29 is 0 Å². The summed E-state index contributed by atoms with van der Waals surface area (Å²) >= 11 is 23.1. The third-order valence-corrected chi connectivity index (χ3v) is 3.32. The quantitative estimate of drug-likeness (QED) is 0.549. The molecule has 0 saturated carbocycles. The van der Waals surface area contributed by atoms with Crippen LogP contribution < -0.4 is 0 Å². The summed E-state index contributed by atoms with van der Waals surface area (Å²) in [6.07, 6.45) is 2.36. The standard InChI is InChI=1S/C6H6Cl4/c7-3-1-4(8)6(10)5(9)2-3/h1,4-6H,2H2/t4-,5-,6-/m1/s1. The van der Waals surface area contributed by atoms with E-state index in [0.29, 0.717) is 11.5 Å². The molecule has 0 spiro atoms. The fourth-order valence-electron chi connectivity index (χ4n) is 0.831. The zero-order valence-corrected chi connectivity index (χ0v) is 8.05. The van der Waals surface area contributed by atoms with Gasteiger partial charge in [-0.1, -0.05) is 17.7 Å². The maximum Gasteiger partial charge on any atom is 0.0708 e. The molecule has 4 heteroatoms. The van der Waals surface area contributed by atoms with Crippen molar-refractivity contribution >= 4 is 46.4 Å². The first-order valence-electron chi connectivity index (χ1n) is 2.89. The first-order chi connectivity index (χ1) is 4.61. The molecule has 0 aliphatic heterocycles. The molecule has 0 heterocycles. The summed E-state index contributed by atoms with van der Waals surface area (Å²) in [4.78, 5) is 0. The van der Waals surface area contributed by atoms with Crippen molar-refractivity contribution in [3.05, 3.63) is 11.1 Å². The van der Waals surface area contributed by atoms with Crippen LogP contribution in [0.3, 0.4) is 0 Å². The first kappa shape index (κ1) is 8.99. The molecule has 3 atom stereocenters. The van der Waals surface area contributed by atoms with Gasteiger partial charge < -0.3 is 0 Å². The SMILES string of the molecule is ClC1=C[C@@H](Cl)[C@@H](Cl)[C@H](Cl)C1. The number of allylic oxidation sites excluding steroid dienone is 2. The van der Waals surface area contributed by atoms with Crippen molar-refractivity contribution in [3.8, 4) is 0 Å². The molecule has 0 saturated heterocycles. The molecule has 0 bridgehead atoms. The summed E-state index contributed by atoms with van der Waals surface area (Å²) in [5.41, 5.74) is 0. The maximum atomic E-state index is 5.82. The van der Waals surface area contributed by atoms with Crippen LogP contribution in [0.1, 0.15) is 6.42 Å². The second-order valence-corrected chi connectivity index (χ2v) is 4.28. The lowest BCUT2D eigenvalue weighted by molar-refractivity contribution is 0.745. The third kappa shape index (κ3) is 1.94. The smallest absolute Gasteiger partial charge is 0.0708 e. The monoisotopic (exact) mass is 218 g/mol. The largest absolute Gasteiger partial charge is 0.121 e. The molecule has 58 valence electrons. The van der Waals surface area contributed by atoms with Gasteiger partial charge in [-0.25, -0.2) is 0 Å². The van der Waals surface area contributed by atoms with E-state index >= 15 is 0 Å². The van der Waals surface area contributed by atoms with Gasteiger partial charge in [0.15, 0.2) is 0 Å². The molecule has 0 aromatic carbocycles. The van der Waals surface area contributed by atoms with Crippen molar-refractivity contribution in [2.75, 3.05) is 0 Å². The zero-order chi connectivity index (χ0) is 7.72. The van der Waals surface area contributed by atoms with Gasteiger partial charge in [-0.3, -0.25) is 0 Å². The fraction of sp³-hybridized carbons (Fsp3) is 0.667. The summed E-state index contributed by atoms with van der Waals surface area (Å²) in [5, 5.41) is 0.134. The second-order valence-electron chi connectivity index (χ2n) is 2.22. The molecule has 0 unspecified atom stereocenters. The van der Waals surface area contributed by atoms with Crippen LogP contribution in [0.25, 0.3) is 0 Å². The molecule has 1 aliphatic carbocycles. The molecule has 1 aliphatic rings. The normalized spacial score (nSPS) is 41.2. The number of hydrogen-bond donors (Lipinski definition) is 0. The van der Waals surface area contributed by atoms with Gasteiger partial charge in [0.1, 0.15) is 0 Å². The van der Waals surface area contributed by atoms with Crippen LogP contribution in [0.2, 0.25) is 0 Å². The Morgan fingerprint density at radius 2 is 1.90 bits per heavy atom. The van der Waals surface area contributed by atoms with Crippen molar-refractivity contribution in [1.29, 1.82) is 0 Å². The maximum absolute atomic E-state index is 5.82. The molecule has 1 rings (SSSR count). The predicted molar refractivity (Wildman–Crippen MR) is 47.5 cm³/mol. The Hall–Kier alpha value is 0.900. The Kier molecular flexibility index (Phi) is 3.18. The summed E-state index contributed by atoms with van der Waals surface area (Å²) in [6.45, 7) is 0. The van der Waals surface area contributed by atoms with Crippen molar-refractivity contribution in [3.63, 3.8) is 0 Å². The summed E-state index contributed by atoms with van der Waals surface area (Å²) in [5.74, 6) is 0. The van der Waals surface area contributed by atoms with Gasteiger partial charge in [-0.15, -0.1) is 34.8 Å². The van der Waals surface area contributed by atoms with Gasteiger partial charge in [0.25, 0.3) is 0 Å². The van der Waals surface area contributed by atoms with Gasteiger partial charge in [0, 0.05) is 11.5 Å². The average Bonchev–Trinajstić information content (AvgIpc) is 1.82. The van der Waals surface area contributed by atoms with Crippen LogP contribution in [-0.4, -0.2) is 16.1 Å². The van der Waals surface area contributed by atoms with Crippen LogP contribution in [0.5, 0.6) is 0 Å². The van der Waals surface area contributed by atoms with E-state index in [2.05, 4.69) is 0 Å². The fourth-order valence-corrected chi connectivity index (χ4v) is 2.16. The van der Waals surface area contributed by atoms with Crippen LogP contribution in [0, 0.1) is 0 Å². The Bertz CT molecular complexity index is 154. The lowest BCUT2D eigenvalue weighted by atomic mass is 10.1. The van der Waals surface area contributed by atoms with Crippen LogP contribution in [0.15, 0.2) is 11.1 Å². The van der Waals surface area contributed by atoms with E-state index in [1.807, 2.05) is 0 Å². The van der Waals surface area contributed by atoms with Crippen molar-refractivity contribution in [2.45, 2.75) is 22.6 Å². The van der Waals surface area contributed by atoms with Crippen molar-refractivity contribution in [2.24, 2.45) is 0 Å². The number of alkyl halides is 3. The minimum absolute atomic E-state index is 0.137. The Morgan fingerprint density at radius 1 is 1.30 bits per heavy atom. The van der Waals surface area contributed by atoms with Crippen molar-refractivity contribution in [1.82, 2.24) is 0 Å². The third-order valence-electron chi connectivity index (χ3n) is 1.38. The molecule has 0 aromatic rings. The van der Waals surface area contributed by atoms with E-state index in [9.17, 15) is 0 Å². The zero-order valence-electron chi connectivity index (χ0n) is 5.03. The Labute approximate surface area is 80.1 Å². The molecular formula is C6H6Cl4. The van der Waals surface area contributed by atoms with Gasteiger partial charge in [0.05, 0.1) is 16.1 Å². The molecule has 0 radical (unpaired) electrons. The van der Waals surface area contributed by atoms with Crippen LogP contribution in [0.4, 0.5) is 0 Å². The van der Waals surface area contributed by atoms with E-state index in [1.54, 1.807) is 6.08 Å². The molecular weight excluding hydrogens is 214 g/mol. The second kappa shape index (κ2) is 3.53. The molecule has 10 heavy (non-hydrogen) atoms. The summed E-state index contributed by atoms with van der Waals surface area (Å²) < 4.78 is 0. The van der Waals surface area contributed by atoms with E-state index in [0.717, 1.165) is 0 Å². The highest BCUT2D eigenvalue weighted by molar-refractivity contribution is 6.38. The summed E-state index contributed by atoms with van der Waals surface area (Å²) in [7, 11) is 0. The molecule has 0 aromatic heterocycles. The van der Waals surface area contributed by atoms with Gasteiger partial charge >= 0.3 is 0 Å². The first-order valence-corrected chi connectivity index (χ1v) is 4.58. The van der Waals surface area contributed by atoms with E-state index in [-0.39, 0.29) is 16.1 Å². The highest BCUT2D eigenvalue weighted by Gasteiger charge is 2.28. The Morgan fingerprint density at radius 3 is 2.40 bits per heavy atom. The molecule has 0 amide bonds. The lowest BCUT2D eigenvalue weighted by Crippen LogP contribution is -2.28. The van der Waals surface area contributed by atoms with Crippen LogP contribution in [-0.2, 0) is 0 Å². The topological polar surface area (TPSA) is 0 Å².